The predicted molar refractivity (Wildman–Crippen MR) is 168 cm³/mol. The van der Waals surface area contributed by atoms with E-state index >= 15 is 4.39 Å². The fraction of sp³-hybridized carbons (Fsp3) is 0.571. The van der Waals surface area contributed by atoms with Crippen LogP contribution in [0.25, 0.3) is 0 Å². The van der Waals surface area contributed by atoms with Crippen LogP contribution >= 0.6 is 0 Å². The Balaban J connectivity index is 1.50. The van der Waals surface area contributed by atoms with Gasteiger partial charge in [-0.25, -0.2) is 4.39 Å². The van der Waals surface area contributed by atoms with Gasteiger partial charge in [-0.1, -0.05) is 18.2 Å². The first-order valence-corrected chi connectivity index (χ1v) is 16.0. The monoisotopic (exact) mass is 661 g/mol. The highest BCUT2D eigenvalue weighted by atomic mass is 19.4. The zero-order chi connectivity index (χ0) is 34.5. The Kier molecular flexibility index (Phi) is 9.40. The summed E-state index contributed by atoms with van der Waals surface area (Å²) >= 11 is 0. The quantitative estimate of drug-likeness (QED) is 0.378. The standard InChI is InChI=1S/C35H43F4N3O5/c1-21(43)27-17-41(32(46)34(36)20-42(33(2,3)4)19-29(34)22-6-9-25(47-5)10-7-22)18-28(27)26-11-8-24(35(37,38)39)16-30(26)40-14-12-23(13-15-40)31(44)45/h6-11,16,23,27-29H,12-15,17-20H2,1-5H3,(H,44,45)/t27-,28-,29+,34+/m1/s1. The summed E-state index contributed by atoms with van der Waals surface area (Å²) in [6.45, 7) is 7.75. The van der Waals surface area contributed by atoms with Crippen molar-refractivity contribution in [1.29, 1.82) is 0 Å². The smallest absolute Gasteiger partial charge is 0.416 e. The van der Waals surface area contributed by atoms with Gasteiger partial charge in [0.05, 0.1) is 18.6 Å². The second-order valence-electron chi connectivity index (χ2n) is 14.1. The molecule has 12 heteroatoms. The van der Waals surface area contributed by atoms with Crippen LogP contribution in [0.2, 0.25) is 0 Å². The molecule has 3 fully saturated rings. The first-order chi connectivity index (χ1) is 21.9. The number of piperidine rings is 1. The van der Waals surface area contributed by atoms with E-state index in [0.717, 1.165) is 12.1 Å². The van der Waals surface area contributed by atoms with Crippen LogP contribution in [0, 0.1) is 11.8 Å². The van der Waals surface area contributed by atoms with E-state index in [4.69, 9.17) is 4.74 Å². The highest BCUT2D eigenvalue weighted by molar-refractivity contribution is 5.90. The molecule has 2 aromatic carbocycles. The third-order valence-electron chi connectivity index (χ3n) is 10.3. The molecule has 0 aliphatic carbocycles. The van der Waals surface area contributed by atoms with Gasteiger partial charge >= 0.3 is 12.1 Å². The largest absolute Gasteiger partial charge is 0.497 e. The number of amides is 1. The average Bonchev–Trinajstić information content (AvgIpc) is 3.63. The molecule has 1 amide bonds. The summed E-state index contributed by atoms with van der Waals surface area (Å²) in [4.78, 5) is 44.0. The van der Waals surface area contributed by atoms with Gasteiger partial charge < -0.3 is 19.6 Å². The van der Waals surface area contributed by atoms with Crippen molar-refractivity contribution in [3.8, 4) is 5.75 Å². The first-order valence-electron chi connectivity index (χ1n) is 16.0. The number of carbonyl (C=O) groups is 3. The molecule has 3 heterocycles. The molecule has 4 atom stereocenters. The van der Waals surface area contributed by atoms with Crippen LogP contribution in [0.15, 0.2) is 42.5 Å². The van der Waals surface area contributed by atoms with Crippen LogP contribution < -0.4 is 9.64 Å². The number of rotatable bonds is 7. The molecule has 1 N–H and O–H groups in total. The van der Waals surface area contributed by atoms with E-state index in [1.165, 1.54) is 25.0 Å². The molecule has 0 radical (unpaired) electrons. The molecule has 8 nitrogen and oxygen atoms in total. The number of carbonyl (C=O) groups excluding carboxylic acids is 2. The molecule has 2 aromatic rings. The Morgan fingerprint density at radius 3 is 2.13 bits per heavy atom. The summed E-state index contributed by atoms with van der Waals surface area (Å²) in [6, 6.07) is 10.3. The number of hydrogen-bond donors (Lipinski definition) is 1. The van der Waals surface area contributed by atoms with Crippen molar-refractivity contribution in [1.82, 2.24) is 9.80 Å². The van der Waals surface area contributed by atoms with Crippen molar-refractivity contribution in [2.45, 2.75) is 69.8 Å². The van der Waals surface area contributed by atoms with Crippen LogP contribution in [0.1, 0.15) is 69.1 Å². The number of anilines is 1. The van der Waals surface area contributed by atoms with Gasteiger partial charge in [-0.05, 0) is 75.9 Å². The number of Topliss-reactive ketones (excluding diaryl/α,β-unsaturated/α-hetero) is 1. The molecule has 0 unspecified atom stereocenters. The van der Waals surface area contributed by atoms with Gasteiger partial charge in [0.2, 0.25) is 5.67 Å². The fourth-order valence-electron chi connectivity index (χ4n) is 7.39. The minimum Gasteiger partial charge on any atom is -0.497 e. The molecule has 0 spiro atoms. The van der Waals surface area contributed by atoms with Crippen molar-refractivity contribution >= 4 is 23.3 Å². The molecule has 0 bridgehead atoms. The summed E-state index contributed by atoms with van der Waals surface area (Å²) in [5.74, 6) is -4.15. The molecule has 3 aliphatic rings. The Morgan fingerprint density at radius 1 is 0.957 bits per heavy atom. The maximum atomic E-state index is 17.5. The maximum absolute atomic E-state index is 17.5. The highest BCUT2D eigenvalue weighted by Gasteiger charge is 2.58. The van der Waals surface area contributed by atoms with Gasteiger partial charge in [0, 0.05) is 68.2 Å². The van der Waals surface area contributed by atoms with Gasteiger partial charge in [0.25, 0.3) is 5.91 Å². The summed E-state index contributed by atoms with van der Waals surface area (Å²) in [5, 5.41) is 9.46. The second kappa shape index (κ2) is 12.7. The lowest BCUT2D eigenvalue weighted by Crippen LogP contribution is -2.51. The molecule has 0 aromatic heterocycles. The van der Waals surface area contributed by atoms with Gasteiger partial charge in [-0.3, -0.25) is 19.3 Å². The molecule has 5 rings (SSSR count). The lowest BCUT2D eigenvalue weighted by molar-refractivity contribution is -0.144. The highest BCUT2D eigenvalue weighted by Crippen LogP contribution is 2.47. The first kappa shape index (κ1) is 34.7. The minimum atomic E-state index is -4.62. The number of likely N-dealkylation sites (tertiary alicyclic amines) is 2. The van der Waals surface area contributed by atoms with Crippen molar-refractivity contribution in [2.24, 2.45) is 11.8 Å². The Labute approximate surface area is 272 Å². The Hall–Kier alpha value is -3.67. The lowest BCUT2D eigenvalue weighted by atomic mass is 9.84. The molecular weight excluding hydrogens is 618 g/mol. The summed E-state index contributed by atoms with van der Waals surface area (Å²) in [7, 11) is 1.53. The average molecular weight is 662 g/mol. The molecule has 0 saturated carbocycles. The Morgan fingerprint density at radius 2 is 1.60 bits per heavy atom. The fourth-order valence-corrected chi connectivity index (χ4v) is 7.39. The number of ketones is 1. The van der Waals surface area contributed by atoms with Crippen LogP contribution in [0.4, 0.5) is 23.2 Å². The SMILES string of the molecule is COc1ccc([C@@H]2CN(C(C)(C)C)C[C@@]2(F)C(=O)N2C[C@H](C(C)=O)[C@@H](c3ccc(C(F)(F)F)cc3N3CCC(C(=O)O)CC3)C2)cc1. The summed E-state index contributed by atoms with van der Waals surface area (Å²) in [5.41, 5.74) is -2.25. The third kappa shape index (κ3) is 6.84. The van der Waals surface area contributed by atoms with Crippen LogP contribution in [-0.4, -0.2) is 90.2 Å². The maximum Gasteiger partial charge on any atom is 0.416 e. The van der Waals surface area contributed by atoms with E-state index in [1.54, 1.807) is 29.2 Å². The molecule has 3 aliphatic heterocycles. The van der Waals surface area contributed by atoms with Crippen molar-refractivity contribution in [3.05, 3.63) is 59.2 Å². The number of alkyl halides is 4. The lowest BCUT2D eigenvalue weighted by Gasteiger charge is -2.35. The minimum absolute atomic E-state index is 0.0381. The molecule has 3 saturated heterocycles. The van der Waals surface area contributed by atoms with Crippen molar-refractivity contribution < 1.29 is 41.8 Å². The van der Waals surface area contributed by atoms with Gasteiger partial charge in [-0.2, -0.15) is 13.2 Å². The number of halogens is 4. The van der Waals surface area contributed by atoms with E-state index in [9.17, 15) is 32.7 Å². The number of ether oxygens (including phenoxy) is 1. The number of benzene rings is 2. The van der Waals surface area contributed by atoms with Crippen LogP contribution in [0.3, 0.4) is 0 Å². The number of aliphatic carboxylic acids is 1. The number of carboxylic acids is 1. The molecule has 47 heavy (non-hydrogen) atoms. The number of hydrogen-bond acceptors (Lipinski definition) is 6. The van der Waals surface area contributed by atoms with Gasteiger partial charge in [0.1, 0.15) is 11.5 Å². The zero-order valence-corrected chi connectivity index (χ0v) is 27.4. The van der Waals surface area contributed by atoms with E-state index in [-0.39, 0.29) is 57.0 Å². The van der Waals surface area contributed by atoms with Crippen LogP contribution in [0.5, 0.6) is 5.75 Å². The number of nitrogens with zero attached hydrogens (tertiary/aromatic N) is 3. The zero-order valence-electron chi connectivity index (χ0n) is 27.4. The van der Waals surface area contributed by atoms with Crippen LogP contribution in [-0.2, 0) is 20.6 Å². The number of carboxylic acid groups (broad SMARTS) is 1. The van der Waals surface area contributed by atoms with Crippen molar-refractivity contribution in [3.63, 3.8) is 0 Å². The third-order valence-corrected chi connectivity index (χ3v) is 10.3. The number of methoxy groups -OCH3 is 1. The second-order valence-corrected chi connectivity index (χ2v) is 14.1. The van der Waals surface area contributed by atoms with E-state index < -0.39 is 58.5 Å². The van der Waals surface area contributed by atoms with E-state index in [0.29, 0.717) is 23.4 Å². The molecular formula is C35H43F4N3O5. The van der Waals surface area contributed by atoms with Gasteiger partial charge in [-0.15, -0.1) is 0 Å². The van der Waals surface area contributed by atoms with Crippen molar-refractivity contribution in [2.75, 3.05) is 51.3 Å². The summed E-state index contributed by atoms with van der Waals surface area (Å²) < 4.78 is 64.4. The van der Waals surface area contributed by atoms with E-state index in [2.05, 4.69) is 0 Å². The van der Waals surface area contributed by atoms with Gasteiger partial charge in [0.15, 0.2) is 0 Å². The van der Waals surface area contributed by atoms with E-state index in [1.807, 2.05) is 25.7 Å². The Bertz CT molecular complexity index is 1500. The topological polar surface area (TPSA) is 90.4 Å². The summed E-state index contributed by atoms with van der Waals surface area (Å²) in [6.07, 6.45) is -4.10. The predicted octanol–water partition coefficient (Wildman–Crippen LogP) is 5.75. The molecule has 256 valence electrons. The normalized spacial score (nSPS) is 26.1.